The average molecular weight is 277 g/mol. The minimum absolute atomic E-state index is 0.0134. The Kier molecular flexibility index (Phi) is 5.32. The minimum atomic E-state index is -1.06. The molecule has 1 aliphatic rings. The summed E-state index contributed by atoms with van der Waals surface area (Å²) < 4.78 is 0. The summed E-state index contributed by atoms with van der Waals surface area (Å²) in [5.74, 6) is 0.866. The second-order valence-corrected chi connectivity index (χ2v) is 7.06. The molecule has 0 N–H and O–H groups in total. The molecular weight excluding hydrogens is 262 g/mol. The maximum absolute atomic E-state index is 11.9. The van der Waals surface area contributed by atoms with Gasteiger partial charge in [-0.25, -0.2) is 0 Å². The summed E-state index contributed by atoms with van der Waals surface area (Å²) >= 11 is 1.12. The number of hydrogen-bond donors (Lipinski definition) is 0. The normalized spacial score (nSPS) is 21.3. The number of hydrogen-bond acceptors (Lipinski definition) is 5. The number of amides is 1. The monoisotopic (exact) mass is 277 g/mol. The zero-order valence-electron chi connectivity index (χ0n) is 9.80. The van der Waals surface area contributed by atoms with Crippen molar-refractivity contribution in [2.45, 2.75) is 13.8 Å². The molecule has 0 saturated carbocycles. The van der Waals surface area contributed by atoms with E-state index in [1.165, 1.54) is 6.92 Å². The number of carboxylic acid groups (broad SMARTS) is 1. The Balaban J connectivity index is 2.43. The van der Waals surface area contributed by atoms with Crippen molar-refractivity contribution in [1.29, 1.82) is 0 Å². The van der Waals surface area contributed by atoms with Crippen LogP contribution in [0.3, 0.4) is 0 Å². The van der Waals surface area contributed by atoms with E-state index in [4.69, 9.17) is 0 Å². The number of nitrogens with zero attached hydrogens (tertiary/aromatic N) is 1. The van der Waals surface area contributed by atoms with Crippen molar-refractivity contribution in [2.24, 2.45) is 5.92 Å². The third-order valence-electron chi connectivity index (χ3n) is 2.42. The topological polar surface area (TPSA) is 77.5 Å². The maximum atomic E-state index is 11.9. The highest BCUT2D eigenvalue weighted by molar-refractivity contribution is 8.13. The molecule has 7 heteroatoms. The van der Waals surface area contributed by atoms with Crippen LogP contribution in [0.15, 0.2) is 0 Å². The first-order valence-corrected chi connectivity index (χ1v) is 7.77. The molecule has 1 aliphatic heterocycles. The quantitative estimate of drug-likeness (QED) is 0.660. The molecule has 96 valence electrons. The lowest BCUT2D eigenvalue weighted by atomic mass is 10.2. The largest absolute Gasteiger partial charge is 0.504 e. The number of rotatable bonds is 3. The highest BCUT2D eigenvalue weighted by Crippen LogP contribution is 2.17. The van der Waals surface area contributed by atoms with Crippen molar-refractivity contribution >= 4 is 39.0 Å². The molecule has 17 heavy (non-hydrogen) atoms. The van der Waals surface area contributed by atoms with Gasteiger partial charge in [0.05, 0.1) is 17.4 Å². The Hall–Kier alpha value is -0.690. The third kappa shape index (κ3) is 4.23. The first kappa shape index (κ1) is 14.4. The first-order chi connectivity index (χ1) is 7.91. The molecule has 1 amide bonds. The average Bonchev–Trinajstić information content (AvgIpc) is 2.73. The van der Waals surface area contributed by atoms with Crippen molar-refractivity contribution < 1.29 is 19.5 Å². The fourth-order valence-corrected chi connectivity index (χ4v) is 3.57. The Morgan fingerprint density at radius 2 is 2.12 bits per heavy atom. The second-order valence-electron chi connectivity index (χ2n) is 3.88. The molecule has 2 atom stereocenters. The van der Waals surface area contributed by atoms with Crippen LogP contribution in [0.4, 0.5) is 4.79 Å². The molecule has 5 nitrogen and oxygen atoms in total. The molecule has 1 saturated heterocycles. The summed E-state index contributed by atoms with van der Waals surface area (Å²) in [6.07, 6.45) is 0. The van der Waals surface area contributed by atoms with E-state index in [1.807, 2.05) is 0 Å². The van der Waals surface area contributed by atoms with Crippen LogP contribution in [0.5, 0.6) is 0 Å². The minimum Gasteiger partial charge on any atom is -0.504 e. The van der Waals surface area contributed by atoms with E-state index in [-0.39, 0.29) is 22.8 Å². The summed E-state index contributed by atoms with van der Waals surface area (Å²) in [7, 11) is -0.822. The summed E-state index contributed by atoms with van der Waals surface area (Å²) in [5.41, 5.74) is 0. The summed E-state index contributed by atoms with van der Waals surface area (Å²) in [6.45, 7) is 3.70. The van der Waals surface area contributed by atoms with E-state index in [9.17, 15) is 19.5 Å². The van der Waals surface area contributed by atoms with Crippen LogP contribution < -0.4 is 5.11 Å². The van der Waals surface area contributed by atoms with E-state index < -0.39 is 16.2 Å². The van der Waals surface area contributed by atoms with Gasteiger partial charge >= 0.3 is 0 Å². The number of carbonyl (C=O) groups is 3. The molecule has 0 bridgehead atoms. The number of carbonyl (C=O) groups excluding carboxylic acids is 3. The van der Waals surface area contributed by atoms with Gasteiger partial charge in [-0.2, -0.15) is 0 Å². The zero-order valence-corrected chi connectivity index (χ0v) is 11.4. The van der Waals surface area contributed by atoms with Gasteiger partial charge < -0.3 is 9.90 Å². The van der Waals surface area contributed by atoms with Gasteiger partial charge in [0, 0.05) is 18.6 Å². The van der Waals surface area contributed by atoms with Gasteiger partial charge in [-0.3, -0.25) is 14.5 Å². The predicted molar refractivity (Wildman–Crippen MR) is 66.5 cm³/mol. The SMILES string of the molecule is CC(=O)SCC(C)C(=O)N1CC[S+](C(=O)[O-])C1. The van der Waals surface area contributed by atoms with Crippen LogP contribution in [0, 0.1) is 5.92 Å². The molecule has 0 aromatic heterocycles. The van der Waals surface area contributed by atoms with Crippen LogP contribution in [0.25, 0.3) is 0 Å². The van der Waals surface area contributed by atoms with E-state index in [2.05, 4.69) is 0 Å². The Morgan fingerprint density at radius 3 is 2.59 bits per heavy atom. The van der Waals surface area contributed by atoms with Gasteiger partial charge in [0.15, 0.2) is 11.0 Å². The van der Waals surface area contributed by atoms with E-state index in [0.717, 1.165) is 11.8 Å². The summed E-state index contributed by atoms with van der Waals surface area (Å²) in [6, 6.07) is 0. The summed E-state index contributed by atoms with van der Waals surface area (Å²) in [4.78, 5) is 34.9. The van der Waals surface area contributed by atoms with Gasteiger partial charge in [-0.1, -0.05) is 18.7 Å². The van der Waals surface area contributed by atoms with Crippen molar-refractivity contribution in [3.05, 3.63) is 0 Å². The highest BCUT2D eigenvalue weighted by atomic mass is 32.2. The van der Waals surface area contributed by atoms with Gasteiger partial charge in [0.2, 0.25) is 5.91 Å². The molecule has 0 radical (unpaired) electrons. The smallest absolute Gasteiger partial charge is 0.275 e. The Labute approximate surface area is 107 Å². The van der Waals surface area contributed by atoms with Crippen LogP contribution in [-0.2, 0) is 20.5 Å². The molecule has 0 aliphatic carbocycles. The van der Waals surface area contributed by atoms with Crippen LogP contribution in [0.1, 0.15) is 13.8 Å². The molecule has 1 rings (SSSR count). The van der Waals surface area contributed by atoms with E-state index in [1.54, 1.807) is 11.8 Å². The van der Waals surface area contributed by atoms with Gasteiger partial charge in [-0.05, 0) is 0 Å². The second kappa shape index (κ2) is 6.30. The third-order valence-corrected chi connectivity index (χ3v) is 5.27. The highest BCUT2D eigenvalue weighted by Gasteiger charge is 2.36. The maximum Gasteiger partial charge on any atom is 0.275 e. The molecule has 0 aromatic rings. The van der Waals surface area contributed by atoms with Gasteiger partial charge in [-0.15, -0.1) is 0 Å². The molecule has 2 unspecified atom stereocenters. The van der Waals surface area contributed by atoms with E-state index >= 15 is 0 Å². The van der Waals surface area contributed by atoms with E-state index in [0.29, 0.717) is 18.1 Å². The Morgan fingerprint density at radius 1 is 1.47 bits per heavy atom. The zero-order chi connectivity index (χ0) is 13.0. The standard InChI is InChI=1S/C10H15NO4S2/c1-7(5-16-8(2)12)9(13)11-3-4-17(6-11)10(14)15/h7H,3-6H2,1-2H3. The summed E-state index contributed by atoms with van der Waals surface area (Å²) in [5, 5.41) is 9.59. The Bertz CT molecular complexity index is 334. The molecule has 1 heterocycles. The van der Waals surface area contributed by atoms with Crippen molar-refractivity contribution in [3.63, 3.8) is 0 Å². The predicted octanol–water partition coefficient (Wildman–Crippen LogP) is -0.336. The lowest BCUT2D eigenvalue weighted by Gasteiger charge is -2.16. The molecular formula is C10H15NO4S2. The van der Waals surface area contributed by atoms with Crippen molar-refractivity contribution in [1.82, 2.24) is 4.90 Å². The fraction of sp³-hybridized carbons (Fsp3) is 0.700. The van der Waals surface area contributed by atoms with Crippen molar-refractivity contribution in [2.75, 3.05) is 23.9 Å². The fourth-order valence-electron chi connectivity index (χ4n) is 1.47. The van der Waals surface area contributed by atoms with Gasteiger partial charge in [0.1, 0.15) is 5.75 Å². The van der Waals surface area contributed by atoms with Crippen LogP contribution in [0.2, 0.25) is 0 Å². The first-order valence-electron chi connectivity index (χ1n) is 5.22. The molecule has 1 fully saturated rings. The molecule has 0 aromatic carbocycles. The lowest BCUT2D eigenvalue weighted by molar-refractivity contribution is -0.233. The lowest BCUT2D eigenvalue weighted by Crippen LogP contribution is -2.37. The number of thioether (sulfide) groups is 1. The van der Waals surface area contributed by atoms with Gasteiger partial charge in [0.25, 0.3) is 5.30 Å². The van der Waals surface area contributed by atoms with Crippen molar-refractivity contribution in [3.8, 4) is 0 Å². The van der Waals surface area contributed by atoms with Crippen LogP contribution in [-0.4, -0.2) is 45.2 Å². The van der Waals surface area contributed by atoms with Crippen LogP contribution >= 0.6 is 11.8 Å². The molecule has 0 spiro atoms.